The topological polar surface area (TPSA) is 61.5 Å². The van der Waals surface area contributed by atoms with E-state index in [1.807, 2.05) is 6.92 Å². The van der Waals surface area contributed by atoms with Gasteiger partial charge < -0.3 is 19.7 Å². The number of aliphatic hydroxyl groups is 2. The van der Waals surface area contributed by atoms with Gasteiger partial charge in [-0.15, -0.1) is 0 Å². The smallest absolute Gasteiger partial charge is 0.139 e. The fraction of sp³-hybridized carbons (Fsp3) is 0.500. The van der Waals surface area contributed by atoms with Gasteiger partial charge in [0, 0.05) is 24.1 Å². The first-order valence-corrected chi connectivity index (χ1v) is 12.6. The van der Waals surface area contributed by atoms with Crippen LogP contribution in [0.2, 0.25) is 0 Å². The number of piperidine rings is 1. The van der Waals surface area contributed by atoms with E-state index in [2.05, 4.69) is 68.7 Å². The van der Waals surface area contributed by atoms with Gasteiger partial charge in [-0.2, -0.15) is 0 Å². The summed E-state index contributed by atoms with van der Waals surface area (Å²) in [5.41, 5.74) is 5.98. The number of benzene rings is 2. The van der Waals surface area contributed by atoms with E-state index < -0.39 is 12.2 Å². The van der Waals surface area contributed by atoms with Crippen molar-refractivity contribution < 1.29 is 10.2 Å². The molecule has 1 fully saturated rings. The third-order valence-electron chi connectivity index (χ3n) is 7.22. The molecule has 4 atom stereocenters. The highest BCUT2D eigenvalue weighted by Crippen LogP contribution is 2.34. The van der Waals surface area contributed by atoms with Gasteiger partial charge in [-0.25, -0.2) is 4.98 Å². The first kappa shape index (κ1) is 22.1. The third kappa shape index (κ3) is 4.14. The molecule has 0 radical (unpaired) electrons. The molecule has 170 valence electrons. The molecule has 2 heterocycles. The molecule has 0 amide bonds. The highest BCUT2D eigenvalue weighted by atomic mass is 79.9. The van der Waals surface area contributed by atoms with Gasteiger partial charge in [0.2, 0.25) is 0 Å². The standard InChI is InChI=1S/C26H32BrN3O2/c1-3-24(31)26-28-21-10-16(2)4-7-22(21)30(26)23-8-9-29(15-25(23)32)14-17-11-18-5-6-20(27)13-19(18)12-17/h4-7,10,13,17,23-25,31-32H,3,8-9,11-12,14-15H2,1-2H3/t17-,23?,24?,25?/m0/s1. The molecule has 2 aliphatic rings. The first-order chi connectivity index (χ1) is 15.4. The van der Waals surface area contributed by atoms with E-state index >= 15 is 0 Å². The number of nitrogens with zero attached hydrogens (tertiary/aromatic N) is 3. The summed E-state index contributed by atoms with van der Waals surface area (Å²) in [5.74, 6) is 1.29. The Morgan fingerprint density at radius 1 is 1.16 bits per heavy atom. The van der Waals surface area contributed by atoms with Crippen molar-refractivity contribution in [3.8, 4) is 0 Å². The molecular weight excluding hydrogens is 466 g/mol. The van der Waals surface area contributed by atoms with Gasteiger partial charge in [-0.1, -0.05) is 35.0 Å². The lowest BCUT2D eigenvalue weighted by atomic mass is 9.98. The Balaban J connectivity index is 1.32. The van der Waals surface area contributed by atoms with Crippen LogP contribution < -0.4 is 0 Å². The van der Waals surface area contributed by atoms with Crippen molar-refractivity contribution in [2.75, 3.05) is 19.6 Å². The Morgan fingerprint density at radius 2 is 1.97 bits per heavy atom. The monoisotopic (exact) mass is 497 g/mol. The van der Waals surface area contributed by atoms with Gasteiger partial charge in [0.05, 0.1) is 23.2 Å². The molecule has 1 saturated heterocycles. The van der Waals surface area contributed by atoms with Gasteiger partial charge in [-0.05, 0) is 79.5 Å². The number of β-amino-alcohol motifs (C(OH)–C–C–N with tert-alkyl or cyclic N) is 1. The van der Waals surface area contributed by atoms with E-state index in [9.17, 15) is 10.2 Å². The van der Waals surface area contributed by atoms with Crippen LogP contribution in [0.4, 0.5) is 0 Å². The summed E-state index contributed by atoms with van der Waals surface area (Å²) >= 11 is 3.59. The number of aliphatic hydroxyl groups excluding tert-OH is 2. The summed E-state index contributed by atoms with van der Waals surface area (Å²) in [6.45, 7) is 6.66. The maximum Gasteiger partial charge on any atom is 0.139 e. The van der Waals surface area contributed by atoms with Crippen molar-refractivity contribution in [1.82, 2.24) is 14.5 Å². The zero-order chi connectivity index (χ0) is 22.4. The Hall–Kier alpha value is -1.73. The number of fused-ring (bicyclic) bond motifs is 2. The lowest BCUT2D eigenvalue weighted by Gasteiger charge is -2.38. The van der Waals surface area contributed by atoms with Crippen molar-refractivity contribution in [3.05, 3.63) is 63.4 Å². The molecule has 1 aliphatic heterocycles. The summed E-state index contributed by atoms with van der Waals surface area (Å²) in [7, 11) is 0. The number of aryl methyl sites for hydroxylation is 1. The van der Waals surface area contributed by atoms with Gasteiger partial charge in [-0.3, -0.25) is 0 Å². The SMILES string of the molecule is CCC(O)c1nc2cc(C)ccc2n1C1CCN(C[C@H]2Cc3ccc(Br)cc3C2)CC1O. The Bertz CT molecular complexity index is 1130. The van der Waals surface area contributed by atoms with Crippen LogP contribution in [0.25, 0.3) is 11.0 Å². The Morgan fingerprint density at radius 3 is 2.75 bits per heavy atom. The van der Waals surface area contributed by atoms with Gasteiger partial charge in [0.15, 0.2) is 0 Å². The molecule has 0 spiro atoms. The lowest BCUT2D eigenvalue weighted by molar-refractivity contribution is 0.0191. The molecule has 6 heteroatoms. The van der Waals surface area contributed by atoms with E-state index in [1.54, 1.807) is 0 Å². The van der Waals surface area contributed by atoms with Crippen LogP contribution in [-0.4, -0.2) is 50.4 Å². The molecule has 5 nitrogen and oxygen atoms in total. The van der Waals surface area contributed by atoms with Crippen LogP contribution in [0.15, 0.2) is 40.9 Å². The minimum absolute atomic E-state index is 0.0631. The van der Waals surface area contributed by atoms with Crippen LogP contribution in [0.5, 0.6) is 0 Å². The average Bonchev–Trinajstić information content (AvgIpc) is 3.33. The normalized spacial score (nSPS) is 24.7. The predicted molar refractivity (Wildman–Crippen MR) is 131 cm³/mol. The number of halogens is 1. The van der Waals surface area contributed by atoms with Crippen LogP contribution in [0.1, 0.15) is 54.4 Å². The van der Waals surface area contributed by atoms with Crippen molar-refractivity contribution >= 4 is 27.0 Å². The molecule has 0 bridgehead atoms. The number of imidazole rings is 1. The Kier molecular flexibility index (Phi) is 6.14. The quantitative estimate of drug-likeness (QED) is 0.541. The molecule has 1 aliphatic carbocycles. The number of aromatic nitrogens is 2. The zero-order valence-electron chi connectivity index (χ0n) is 18.8. The van der Waals surface area contributed by atoms with E-state index in [1.165, 1.54) is 11.1 Å². The predicted octanol–water partition coefficient (Wildman–Crippen LogP) is 4.57. The van der Waals surface area contributed by atoms with E-state index in [0.29, 0.717) is 24.7 Å². The molecule has 2 aromatic carbocycles. The second kappa shape index (κ2) is 8.90. The summed E-state index contributed by atoms with van der Waals surface area (Å²) in [5, 5.41) is 21.9. The lowest BCUT2D eigenvalue weighted by Crippen LogP contribution is -2.46. The summed E-state index contributed by atoms with van der Waals surface area (Å²) in [6.07, 6.45) is 2.60. The van der Waals surface area contributed by atoms with Crippen LogP contribution in [0.3, 0.4) is 0 Å². The Labute approximate surface area is 198 Å². The van der Waals surface area contributed by atoms with Crippen molar-refractivity contribution in [2.45, 2.75) is 57.8 Å². The second-order valence-corrected chi connectivity index (χ2v) is 10.5. The molecule has 32 heavy (non-hydrogen) atoms. The number of rotatable bonds is 5. The summed E-state index contributed by atoms with van der Waals surface area (Å²) in [4.78, 5) is 7.19. The number of likely N-dealkylation sites (tertiary alicyclic amines) is 1. The molecule has 3 aromatic rings. The molecule has 2 N–H and O–H groups in total. The van der Waals surface area contributed by atoms with Crippen molar-refractivity contribution in [1.29, 1.82) is 0 Å². The van der Waals surface area contributed by atoms with Gasteiger partial charge in [0.25, 0.3) is 0 Å². The fourth-order valence-corrected chi connectivity index (χ4v) is 6.03. The second-order valence-electron chi connectivity index (χ2n) is 9.63. The largest absolute Gasteiger partial charge is 0.390 e. The molecule has 5 rings (SSSR count). The van der Waals surface area contributed by atoms with E-state index in [4.69, 9.17) is 4.98 Å². The maximum atomic E-state index is 11.2. The van der Waals surface area contributed by atoms with Crippen LogP contribution in [-0.2, 0) is 12.8 Å². The van der Waals surface area contributed by atoms with Crippen molar-refractivity contribution in [2.24, 2.45) is 5.92 Å². The van der Waals surface area contributed by atoms with Crippen LogP contribution >= 0.6 is 15.9 Å². The minimum atomic E-state index is -0.621. The molecule has 0 saturated carbocycles. The molecule has 1 aromatic heterocycles. The molecular formula is C26H32BrN3O2. The van der Waals surface area contributed by atoms with Crippen molar-refractivity contribution in [3.63, 3.8) is 0 Å². The molecule has 3 unspecified atom stereocenters. The van der Waals surface area contributed by atoms with Gasteiger partial charge in [0.1, 0.15) is 11.9 Å². The third-order valence-corrected chi connectivity index (χ3v) is 7.71. The highest BCUT2D eigenvalue weighted by molar-refractivity contribution is 9.10. The number of hydrogen-bond donors (Lipinski definition) is 2. The zero-order valence-corrected chi connectivity index (χ0v) is 20.4. The maximum absolute atomic E-state index is 11.2. The number of hydrogen-bond acceptors (Lipinski definition) is 4. The highest BCUT2D eigenvalue weighted by Gasteiger charge is 2.34. The first-order valence-electron chi connectivity index (χ1n) is 11.8. The summed E-state index contributed by atoms with van der Waals surface area (Å²) in [6, 6.07) is 12.8. The fourth-order valence-electron chi connectivity index (χ4n) is 5.62. The summed E-state index contributed by atoms with van der Waals surface area (Å²) < 4.78 is 3.27. The average molecular weight is 498 g/mol. The van der Waals surface area contributed by atoms with E-state index in [0.717, 1.165) is 53.4 Å². The van der Waals surface area contributed by atoms with E-state index in [-0.39, 0.29) is 6.04 Å². The van der Waals surface area contributed by atoms with Gasteiger partial charge >= 0.3 is 0 Å². The minimum Gasteiger partial charge on any atom is -0.390 e. The van der Waals surface area contributed by atoms with Crippen LogP contribution in [0, 0.1) is 12.8 Å².